The standard InChI is InChI=1S/C12H14N2/c1-9-8-14-12-5-4-10(3-2-6-13)7-11(9)12/h2-5,7-8,14H,6,13H2,1H3/b3-2+. The van der Waals surface area contributed by atoms with Crippen molar-refractivity contribution in [3.05, 3.63) is 41.6 Å². The van der Waals surface area contributed by atoms with Crippen LogP contribution >= 0.6 is 0 Å². The van der Waals surface area contributed by atoms with Gasteiger partial charge in [0.15, 0.2) is 0 Å². The second kappa shape index (κ2) is 3.68. The van der Waals surface area contributed by atoms with E-state index in [1.54, 1.807) is 0 Å². The van der Waals surface area contributed by atoms with E-state index < -0.39 is 0 Å². The zero-order chi connectivity index (χ0) is 9.97. The van der Waals surface area contributed by atoms with Crippen LogP contribution in [0.25, 0.3) is 17.0 Å². The first-order chi connectivity index (χ1) is 6.81. The van der Waals surface area contributed by atoms with Crippen LogP contribution in [0.4, 0.5) is 0 Å². The van der Waals surface area contributed by atoms with Crippen LogP contribution in [-0.2, 0) is 0 Å². The van der Waals surface area contributed by atoms with E-state index in [9.17, 15) is 0 Å². The van der Waals surface area contributed by atoms with Crippen LogP contribution < -0.4 is 5.73 Å². The minimum atomic E-state index is 0.587. The van der Waals surface area contributed by atoms with Gasteiger partial charge in [-0.2, -0.15) is 0 Å². The van der Waals surface area contributed by atoms with Crippen molar-refractivity contribution in [1.82, 2.24) is 4.98 Å². The van der Waals surface area contributed by atoms with E-state index in [2.05, 4.69) is 30.1 Å². The van der Waals surface area contributed by atoms with Gasteiger partial charge in [0.2, 0.25) is 0 Å². The molecular weight excluding hydrogens is 172 g/mol. The molecule has 0 aliphatic carbocycles. The highest BCUT2D eigenvalue weighted by molar-refractivity contribution is 5.85. The summed E-state index contributed by atoms with van der Waals surface area (Å²) in [6.45, 7) is 2.69. The molecule has 0 aliphatic heterocycles. The number of rotatable bonds is 2. The predicted octanol–water partition coefficient (Wildman–Crippen LogP) is 2.45. The molecule has 0 fully saturated rings. The maximum absolute atomic E-state index is 5.41. The molecule has 0 saturated carbocycles. The average molecular weight is 186 g/mol. The lowest BCUT2D eigenvalue weighted by Gasteiger charge is -1.95. The molecule has 0 spiro atoms. The van der Waals surface area contributed by atoms with Crippen LogP contribution in [0.15, 0.2) is 30.5 Å². The van der Waals surface area contributed by atoms with Crippen molar-refractivity contribution >= 4 is 17.0 Å². The van der Waals surface area contributed by atoms with Gasteiger partial charge < -0.3 is 10.7 Å². The van der Waals surface area contributed by atoms with E-state index in [4.69, 9.17) is 5.73 Å². The lowest BCUT2D eigenvalue weighted by molar-refractivity contribution is 1.26. The van der Waals surface area contributed by atoms with Crippen LogP contribution in [0.2, 0.25) is 0 Å². The Bertz CT molecular complexity index is 466. The number of hydrogen-bond donors (Lipinski definition) is 2. The molecule has 1 aromatic heterocycles. The van der Waals surface area contributed by atoms with Crippen LogP contribution in [0, 0.1) is 6.92 Å². The Hall–Kier alpha value is -1.54. The predicted molar refractivity (Wildman–Crippen MR) is 61.1 cm³/mol. The number of aryl methyl sites for hydroxylation is 1. The monoisotopic (exact) mass is 186 g/mol. The molecule has 14 heavy (non-hydrogen) atoms. The Morgan fingerprint density at radius 2 is 2.29 bits per heavy atom. The highest BCUT2D eigenvalue weighted by atomic mass is 14.7. The molecule has 2 heteroatoms. The van der Waals surface area contributed by atoms with E-state index in [-0.39, 0.29) is 0 Å². The first-order valence-corrected chi connectivity index (χ1v) is 4.75. The van der Waals surface area contributed by atoms with Gasteiger partial charge in [-0.25, -0.2) is 0 Å². The number of aromatic amines is 1. The largest absolute Gasteiger partial charge is 0.361 e. The van der Waals surface area contributed by atoms with Crippen molar-refractivity contribution in [2.45, 2.75) is 6.92 Å². The fourth-order valence-electron chi connectivity index (χ4n) is 1.59. The highest BCUT2D eigenvalue weighted by Gasteiger charge is 1.98. The molecule has 0 atom stereocenters. The topological polar surface area (TPSA) is 41.8 Å². The van der Waals surface area contributed by atoms with Crippen LogP contribution in [-0.4, -0.2) is 11.5 Å². The molecule has 1 heterocycles. The van der Waals surface area contributed by atoms with Crippen molar-refractivity contribution in [2.75, 3.05) is 6.54 Å². The van der Waals surface area contributed by atoms with E-state index in [0.29, 0.717) is 6.54 Å². The molecular formula is C12H14N2. The Labute approximate surface area is 83.4 Å². The van der Waals surface area contributed by atoms with Crippen LogP contribution in [0.3, 0.4) is 0 Å². The normalized spacial score (nSPS) is 11.6. The summed E-state index contributed by atoms with van der Waals surface area (Å²) in [5, 5.41) is 1.28. The third-order valence-corrected chi connectivity index (χ3v) is 2.36. The summed E-state index contributed by atoms with van der Waals surface area (Å²) in [5.74, 6) is 0. The van der Waals surface area contributed by atoms with Gasteiger partial charge in [-0.05, 0) is 30.2 Å². The number of H-pyrrole nitrogens is 1. The molecule has 0 unspecified atom stereocenters. The molecule has 2 nitrogen and oxygen atoms in total. The zero-order valence-electron chi connectivity index (χ0n) is 8.25. The van der Waals surface area contributed by atoms with Gasteiger partial charge in [0.25, 0.3) is 0 Å². The quantitative estimate of drug-likeness (QED) is 0.743. The maximum atomic E-state index is 5.41. The summed E-state index contributed by atoms with van der Waals surface area (Å²) in [6, 6.07) is 6.36. The number of aromatic nitrogens is 1. The lowest BCUT2D eigenvalue weighted by Crippen LogP contribution is -1.91. The Kier molecular flexibility index (Phi) is 2.37. The summed E-state index contributed by atoms with van der Waals surface area (Å²) >= 11 is 0. The van der Waals surface area contributed by atoms with Crippen molar-refractivity contribution < 1.29 is 0 Å². The molecule has 0 amide bonds. The van der Waals surface area contributed by atoms with Crippen molar-refractivity contribution in [3.63, 3.8) is 0 Å². The number of fused-ring (bicyclic) bond motifs is 1. The third-order valence-electron chi connectivity index (χ3n) is 2.36. The van der Waals surface area contributed by atoms with Crippen molar-refractivity contribution in [2.24, 2.45) is 5.73 Å². The van der Waals surface area contributed by atoms with Crippen LogP contribution in [0.1, 0.15) is 11.1 Å². The summed E-state index contributed by atoms with van der Waals surface area (Å²) in [5.41, 5.74) is 9.07. The first kappa shape index (κ1) is 9.03. The molecule has 72 valence electrons. The van der Waals surface area contributed by atoms with Crippen molar-refractivity contribution in [1.29, 1.82) is 0 Å². The SMILES string of the molecule is Cc1c[nH]c2ccc(/C=C/CN)cc12. The van der Waals surface area contributed by atoms with Gasteiger partial charge in [-0.15, -0.1) is 0 Å². The fourth-order valence-corrected chi connectivity index (χ4v) is 1.59. The summed E-state index contributed by atoms with van der Waals surface area (Å²) < 4.78 is 0. The van der Waals surface area contributed by atoms with Gasteiger partial charge in [-0.3, -0.25) is 0 Å². The van der Waals surface area contributed by atoms with Gasteiger partial charge in [-0.1, -0.05) is 18.2 Å². The fraction of sp³-hybridized carbons (Fsp3) is 0.167. The van der Waals surface area contributed by atoms with Gasteiger partial charge in [0.05, 0.1) is 0 Å². The number of hydrogen-bond acceptors (Lipinski definition) is 1. The van der Waals surface area contributed by atoms with Gasteiger partial charge in [0, 0.05) is 23.6 Å². The third kappa shape index (κ3) is 1.56. The molecule has 2 rings (SSSR count). The molecule has 2 aromatic rings. The van der Waals surface area contributed by atoms with Crippen molar-refractivity contribution in [3.8, 4) is 0 Å². The molecule has 3 N–H and O–H groups in total. The summed E-state index contributed by atoms with van der Waals surface area (Å²) in [7, 11) is 0. The number of benzene rings is 1. The smallest absolute Gasteiger partial charge is 0.0457 e. The molecule has 0 bridgehead atoms. The minimum absolute atomic E-state index is 0.587. The number of nitrogens with two attached hydrogens (primary N) is 1. The highest BCUT2D eigenvalue weighted by Crippen LogP contribution is 2.19. The van der Waals surface area contributed by atoms with Crippen LogP contribution in [0.5, 0.6) is 0 Å². The second-order valence-electron chi connectivity index (χ2n) is 3.41. The molecule has 1 aromatic carbocycles. The average Bonchev–Trinajstić information content (AvgIpc) is 2.57. The second-order valence-corrected chi connectivity index (χ2v) is 3.41. The van der Waals surface area contributed by atoms with E-state index in [1.165, 1.54) is 22.0 Å². The summed E-state index contributed by atoms with van der Waals surface area (Å²) in [6.07, 6.45) is 6.04. The zero-order valence-corrected chi connectivity index (χ0v) is 8.25. The summed E-state index contributed by atoms with van der Waals surface area (Å²) in [4.78, 5) is 3.22. The van der Waals surface area contributed by atoms with E-state index in [1.807, 2.05) is 18.3 Å². The lowest BCUT2D eigenvalue weighted by atomic mass is 10.1. The van der Waals surface area contributed by atoms with E-state index in [0.717, 1.165) is 0 Å². The maximum Gasteiger partial charge on any atom is 0.0457 e. The van der Waals surface area contributed by atoms with Gasteiger partial charge >= 0.3 is 0 Å². The molecule has 0 radical (unpaired) electrons. The van der Waals surface area contributed by atoms with Gasteiger partial charge in [0.1, 0.15) is 0 Å². The molecule has 0 aliphatic rings. The number of nitrogens with one attached hydrogen (secondary N) is 1. The Morgan fingerprint density at radius 1 is 1.43 bits per heavy atom. The Balaban J connectivity index is 2.49. The Morgan fingerprint density at radius 3 is 3.07 bits per heavy atom. The van der Waals surface area contributed by atoms with E-state index >= 15 is 0 Å². The first-order valence-electron chi connectivity index (χ1n) is 4.75. The molecule has 0 saturated heterocycles. The minimum Gasteiger partial charge on any atom is -0.361 e.